The van der Waals surface area contributed by atoms with Crippen LogP contribution in [0.2, 0.25) is 0 Å². The van der Waals surface area contributed by atoms with Crippen LogP contribution in [0.1, 0.15) is 51.6 Å². The van der Waals surface area contributed by atoms with Gasteiger partial charge in [-0.2, -0.15) is 0 Å². The monoisotopic (exact) mass is 348 g/mol. The van der Waals surface area contributed by atoms with Crippen molar-refractivity contribution in [2.45, 2.75) is 62.6 Å². The molecular weight excluding hydrogens is 320 g/mol. The maximum atomic E-state index is 12.3. The van der Waals surface area contributed by atoms with Gasteiger partial charge >= 0.3 is 6.09 Å². The maximum Gasteiger partial charge on any atom is 0.410 e. The van der Waals surface area contributed by atoms with Crippen LogP contribution in [0, 0.1) is 0 Å². The Bertz CT molecular complexity index is 585. The number of likely N-dealkylation sites (tertiary alicyclic amines) is 1. The SMILES string of the molecule is CC(C)(C)OC(=O)N1CCC[C@@H](N[C@H]2CCSc3ccccc32)C1. The number of nitrogens with one attached hydrogen (secondary N) is 1. The summed E-state index contributed by atoms with van der Waals surface area (Å²) in [5.74, 6) is 1.15. The van der Waals surface area contributed by atoms with Crippen molar-refractivity contribution in [3.8, 4) is 0 Å². The van der Waals surface area contributed by atoms with Gasteiger partial charge in [0.15, 0.2) is 0 Å². The highest BCUT2D eigenvalue weighted by molar-refractivity contribution is 7.99. The number of piperidine rings is 1. The fourth-order valence-corrected chi connectivity index (χ4v) is 4.53. The van der Waals surface area contributed by atoms with Gasteiger partial charge in [-0.3, -0.25) is 0 Å². The normalized spacial score (nSPS) is 24.4. The van der Waals surface area contributed by atoms with Crippen molar-refractivity contribution < 1.29 is 9.53 Å². The van der Waals surface area contributed by atoms with Gasteiger partial charge in [-0.15, -0.1) is 11.8 Å². The summed E-state index contributed by atoms with van der Waals surface area (Å²) < 4.78 is 5.53. The first-order valence-corrected chi connectivity index (χ1v) is 9.86. The third kappa shape index (κ3) is 4.45. The molecular formula is C19H28N2O2S. The summed E-state index contributed by atoms with van der Waals surface area (Å²) in [7, 11) is 0. The van der Waals surface area contributed by atoms with Crippen molar-refractivity contribution >= 4 is 17.9 Å². The number of benzene rings is 1. The second kappa shape index (κ2) is 7.36. The number of ether oxygens (including phenoxy) is 1. The lowest BCUT2D eigenvalue weighted by Gasteiger charge is -2.37. The third-order valence-electron chi connectivity index (χ3n) is 4.47. The Labute approximate surface area is 149 Å². The molecule has 4 nitrogen and oxygen atoms in total. The van der Waals surface area contributed by atoms with Crippen LogP contribution >= 0.6 is 11.8 Å². The molecule has 2 aliphatic rings. The summed E-state index contributed by atoms with van der Waals surface area (Å²) in [5, 5.41) is 3.80. The average Bonchev–Trinajstić information content (AvgIpc) is 2.54. The first-order valence-electron chi connectivity index (χ1n) is 8.88. The molecule has 0 bridgehead atoms. The molecule has 0 aliphatic carbocycles. The number of rotatable bonds is 2. The zero-order valence-electron chi connectivity index (χ0n) is 14.9. The van der Waals surface area contributed by atoms with Gasteiger partial charge in [0.05, 0.1) is 0 Å². The summed E-state index contributed by atoms with van der Waals surface area (Å²) >= 11 is 1.94. The number of amides is 1. The van der Waals surface area contributed by atoms with Gasteiger partial charge in [0.1, 0.15) is 5.60 Å². The number of carbonyl (C=O) groups is 1. The topological polar surface area (TPSA) is 41.6 Å². The van der Waals surface area contributed by atoms with Crippen molar-refractivity contribution in [3.05, 3.63) is 29.8 Å². The van der Waals surface area contributed by atoms with E-state index < -0.39 is 5.60 Å². The molecule has 1 aromatic rings. The van der Waals surface area contributed by atoms with Crippen molar-refractivity contribution in [1.82, 2.24) is 10.2 Å². The van der Waals surface area contributed by atoms with E-state index in [0.717, 1.165) is 38.1 Å². The zero-order chi connectivity index (χ0) is 17.2. The molecule has 1 fully saturated rings. The van der Waals surface area contributed by atoms with Crippen molar-refractivity contribution in [3.63, 3.8) is 0 Å². The minimum atomic E-state index is -0.434. The molecule has 0 aromatic heterocycles. The predicted octanol–water partition coefficient (Wildman–Crippen LogP) is 4.21. The number of nitrogens with zero attached hydrogens (tertiary/aromatic N) is 1. The third-order valence-corrected chi connectivity index (χ3v) is 5.59. The molecule has 2 heterocycles. The molecule has 0 spiro atoms. The van der Waals surface area contributed by atoms with Gasteiger partial charge in [-0.05, 0) is 57.4 Å². The summed E-state index contributed by atoms with van der Waals surface area (Å²) in [6.45, 7) is 7.29. The Morgan fingerprint density at radius 2 is 2.08 bits per heavy atom. The predicted molar refractivity (Wildman–Crippen MR) is 98.5 cm³/mol. The van der Waals surface area contributed by atoms with Gasteiger partial charge in [-0.25, -0.2) is 4.79 Å². The van der Waals surface area contributed by atoms with Crippen LogP contribution in [-0.2, 0) is 4.74 Å². The van der Waals surface area contributed by atoms with Gasteiger partial charge in [0, 0.05) is 30.1 Å². The van der Waals surface area contributed by atoms with Crippen molar-refractivity contribution in [2.24, 2.45) is 0 Å². The Morgan fingerprint density at radius 3 is 2.88 bits per heavy atom. The van der Waals surface area contributed by atoms with Crippen LogP contribution in [0.5, 0.6) is 0 Å². The van der Waals surface area contributed by atoms with E-state index >= 15 is 0 Å². The van der Waals surface area contributed by atoms with Crippen molar-refractivity contribution in [2.75, 3.05) is 18.8 Å². The summed E-state index contributed by atoms with van der Waals surface area (Å²) in [4.78, 5) is 15.6. The molecule has 132 valence electrons. The number of hydrogen-bond acceptors (Lipinski definition) is 4. The van der Waals surface area contributed by atoms with Crippen molar-refractivity contribution in [1.29, 1.82) is 0 Å². The molecule has 0 radical (unpaired) electrons. The van der Waals surface area contributed by atoms with Crippen LogP contribution < -0.4 is 5.32 Å². The maximum absolute atomic E-state index is 12.3. The largest absolute Gasteiger partial charge is 0.444 e. The highest BCUT2D eigenvalue weighted by atomic mass is 32.2. The molecule has 1 aromatic carbocycles. The molecule has 2 atom stereocenters. The van der Waals surface area contributed by atoms with Crippen LogP contribution in [0.25, 0.3) is 0 Å². The molecule has 3 rings (SSSR count). The minimum Gasteiger partial charge on any atom is -0.444 e. The van der Waals surface area contributed by atoms with E-state index in [1.54, 1.807) is 0 Å². The number of hydrogen-bond donors (Lipinski definition) is 1. The first-order chi connectivity index (χ1) is 11.4. The Kier molecular flexibility index (Phi) is 5.40. The van der Waals surface area contributed by atoms with Gasteiger partial charge < -0.3 is 15.0 Å². The first kappa shape index (κ1) is 17.6. The smallest absolute Gasteiger partial charge is 0.410 e. The second-order valence-corrected chi connectivity index (χ2v) is 8.80. The summed E-state index contributed by atoms with van der Waals surface area (Å²) in [5.41, 5.74) is 0.972. The molecule has 5 heteroatoms. The Balaban J connectivity index is 1.61. The average molecular weight is 349 g/mol. The lowest BCUT2D eigenvalue weighted by molar-refractivity contribution is 0.0183. The lowest BCUT2D eigenvalue weighted by atomic mass is 9.99. The van der Waals surface area contributed by atoms with E-state index in [1.807, 2.05) is 37.4 Å². The standard InChI is InChI=1S/C19H28N2O2S/c1-19(2,3)23-18(22)21-11-6-7-14(13-21)20-16-10-12-24-17-9-5-4-8-15(16)17/h4-5,8-9,14,16,20H,6-7,10-13H2,1-3H3/t14-,16+/m1/s1. The van der Waals surface area contributed by atoms with Crippen LogP contribution in [0.3, 0.4) is 0 Å². The van der Waals surface area contributed by atoms with Crippen LogP contribution in [0.4, 0.5) is 4.79 Å². The molecule has 2 aliphatic heterocycles. The van der Waals surface area contributed by atoms with E-state index in [1.165, 1.54) is 10.5 Å². The molecule has 1 amide bonds. The molecule has 1 saturated heterocycles. The quantitative estimate of drug-likeness (QED) is 0.869. The Morgan fingerprint density at radius 1 is 1.29 bits per heavy atom. The molecule has 0 saturated carbocycles. The van der Waals surface area contributed by atoms with E-state index in [4.69, 9.17) is 4.74 Å². The van der Waals surface area contributed by atoms with Crippen LogP contribution in [0.15, 0.2) is 29.2 Å². The van der Waals surface area contributed by atoms with E-state index in [9.17, 15) is 4.79 Å². The van der Waals surface area contributed by atoms with Gasteiger partial charge in [0.25, 0.3) is 0 Å². The minimum absolute atomic E-state index is 0.186. The highest BCUT2D eigenvalue weighted by Crippen LogP contribution is 2.36. The number of thioether (sulfide) groups is 1. The lowest BCUT2D eigenvalue weighted by Crippen LogP contribution is -2.50. The Hall–Kier alpha value is -1.20. The highest BCUT2D eigenvalue weighted by Gasteiger charge is 2.30. The van der Waals surface area contributed by atoms with E-state index in [0.29, 0.717) is 12.1 Å². The fourth-order valence-electron chi connectivity index (χ4n) is 3.41. The number of carbonyl (C=O) groups excluding carboxylic acids is 1. The molecule has 1 N–H and O–H groups in total. The summed E-state index contributed by atoms with van der Waals surface area (Å²) in [6.07, 6.45) is 3.10. The molecule has 0 unspecified atom stereocenters. The van der Waals surface area contributed by atoms with E-state index in [-0.39, 0.29) is 6.09 Å². The second-order valence-electron chi connectivity index (χ2n) is 7.66. The summed E-state index contributed by atoms with van der Waals surface area (Å²) in [6, 6.07) is 9.40. The zero-order valence-corrected chi connectivity index (χ0v) is 15.7. The van der Waals surface area contributed by atoms with Gasteiger partial charge in [0.2, 0.25) is 0 Å². The fraction of sp³-hybridized carbons (Fsp3) is 0.632. The number of fused-ring (bicyclic) bond motifs is 1. The van der Waals surface area contributed by atoms with Crippen LogP contribution in [-0.4, -0.2) is 41.5 Å². The molecule has 24 heavy (non-hydrogen) atoms. The van der Waals surface area contributed by atoms with Gasteiger partial charge in [-0.1, -0.05) is 18.2 Å². The van der Waals surface area contributed by atoms with E-state index in [2.05, 4.69) is 29.6 Å².